The van der Waals surface area contributed by atoms with E-state index >= 15 is 8.78 Å². The van der Waals surface area contributed by atoms with E-state index in [1.807, 2.05) is 20.8 Å². The van der Waals surface area contributed by atoms with Gasteiger partial charge in [0.1, 0.15) is 23.2 Å². The summed E-state index contributed by atoms with van der Waals surface area (Å²) in [6, 6.07) is 15.9. The summed E-state index contributed by atoms with van der Waals surface area (Å²) in [4.78, 5) is 26.2. The highest BCUT2D eigenvalue weighted by atomic mass is 35.5. The van der Waals surface area contributed by atoms with Gasteiger partial charge < -0.3 is 4.74 Å². The fourth-order valence-corrected chi connectivity index (χ4v) is 6.93. The normalized spacial score (nSPS) is 22.0. The summed E-state index contributed by atoms with van der Waals surface area (Å²) in [5, 5.41) is 11.0. The van der Waals surface area contributed by atoms with Crippen molar-refractivity contribution in [3.8, 4) is 11.8 Å². The SMILES string of the molecule is COc1cc(C(C)=O)ccc1CC(=O)[C@@H]1C[C@@H](CC(C)(C)C)[C@](C#N)(c2ccc(Cl)cc2F)[C@H]1c1cccc(Cl)c1F. The van der Waals surface area contributed by atoms with Gasteiger partial charge in [0.2, 0.25) is 0 Å². The van der Waals surface area contributed by atoms with Crippen LogP contribution in [0.3, 0.4) is 0 Å². The van der Waals surface area contributed by atoms with E-state index in [-0.39, 0.29) is 51.0 Å². The molecule has 0 radical (unpaired) electrons. The lowest BCUT2D eigenvalue weighted by molar-refractivity contribution is -0.122. The third-order valence-electron chi connectivity index (χ3n) is 8.28. The lowest BCUT2D eigenvalue weighted by atomic mass is 9.62. The van der Waals surface area contributed by atoms with Crippen molar-refractivity contribution in [2.24, 2.45) is 17.3 Å². The minimum absolute atomic E-state index is 0.0757. The van der Waals surface area contributed by atoms with Crippen LogP contribution in [0.5, 0.6) is 5.75 Å². The highest BCUT2D eigenvalue weighted by Gasteiger charge is 2.60. The Bertz CT molecular complexity index is 1580. The maximum atomic E-state index is 15.9. The topological polar surface area (TPSA) is 67.2 Å². The first kappa shape index (κ1) is 31.7. The van der Waals surface area contributed by atoms with Gasteiger partial charge in [-0.2, -0.15) is 5.26 Å². The summed E-state index contributed by atoms with van der Waals surface area (Å²) in [5.74, 6) is -3.85. The average molecular weight is 613 g/mol. The molecule has 4 nitrogen and oxygen atoms in total. The third-order valence-corrected chi connectivity index (χ3v) is 8.81. The molecule has 4 rings (SSSR count). The Morgan fingerprint density at radius 2 is 1.81 bits per heavy atom. The second kappa shape index (κ2) is 12.1. The summed E-state index contributed by atoms with van der Waals surface area (Å²) >= 11 is 12.3. The fraction of sp³-hybridized carbons (Fsp3) is 0.382. The molecule has 42 heavy (non-hydrogen) atoms. The highest BCUT2D eigenvalue weighted by Crippen LogP contribution is 2.61. The fourth-order valence-electron chi connectivity index (χ4n) is 6.59. The van der Waals surface area contributed by atoms with Gasteiger partial charge in [-0.3, -0.25) is 9.59 Å². The van der Waals surface area contributed by atoms with Crippen LogP contribution in [0.1, 0.15) is 73.5 Å². The zero-order chi connectivity index (χ0) is 31.0. The van der Waals surface area contributed by atoms with Crippen LogP contribution in [0.2, 0.25) is 10.0 Å². The van der Waals surface area contributed by atoms with E-state index in [1.165, 1.54) is 38.3 Å². The molecule has 1 saturated carbocycles. The molecule has 1 aliphatic carbocycles. The van der Waals surface area contributed by atoms with Crippen LogP contribution < -0.4 is 4.74 Å². The van der Waals surface area contributed by atoms with Gasteiger partial charge in [0, 0.05) is 40.0 Å². The summed E-state index contributed by atoms with van der Waals surface area (Å²) in [5.41, 5.74) is -0.738. The first-order valence-corrected chi connectivity index (χ1v) is 14.5. The molecule has 0 N–H and O–H groups in total. The number of methoxy groups -OCH3 is 1. The van der Waals surface area contributed by atoms with Gasteiger partial charge in [-0.05, 0) is 60.9 Å². The quantitative estimate of drug-likeness (QED) is 0.238. The lowest BCUT2D eigenvalue weighted by Gasteiger charge is -2.38. The van der Waals surface area contributed by atoms with Gasteiger partial charge >= 0.3 is 0 Å². The van der Waals surface area contributed by atoms with E-state index in [0.29, 0.717) is 23.3 Å². The number of hydrogen-bond donors (Lipinski definition) is 0. The summed E-state index contributed by atoms with van der Waals surface area (Å²) in [6.45, 7) is 7.48. The van der Waals surface area contributed by atoms with Gasteiger partial charge in [-0.1, -0.05) is 74.3 Å². The molecule has 0 heterocycles. The van der Waals surface area contributed by atoms with E-state index in [2.05, 4.69) is 6.07 Å². The van der Waals surface area contributed by atoms with Crippen molar-refractivity contribution in [2.75, 3.05) is 7.11 Å². The van der Waals surface area contributed by atoms with E-state index in [9.17, 15) is 14.9 Å². The lowest BCUT2D eigenvalue weighted by Crippen LogP contribution is -2.39. The van der Waals surface area contributed by atoms with Crippen LogP contribution in [-0.2, 0) is 16.6 Å². The number of hydrogen-bond acceptors (Lipinski definition) is 4. The van der Waals surface area contributed by atoms with Crippen molar-refractivity contribution in [3.05, 3.63) is 98.5 Å². The molecule has 0 aliphatic heterocycles. The van der Waals surface area contributed by atoms with Gasteiger partial charge in [-0.15, -0.1) is 0 Å². The van der Waals surface area contributed by atoms with Gasteiger partial charge in [0.05, 0.1) is 23.6 Å². The van der Waals surface area contributed by atoms with Crippen molar-refractivity contribution in [3.63, 3.8) is 0 Å². The molecule has 1 aliphatic rings. The smallest absolute Gasteiger partial charge is 0.159 e. The monoisotopic (exact) mass is 611 g/mol. The molecule has 3 aromatic carbocycles. The van der Waals surface area contributed by atoms with E-state index < -0.39 is 34.8 Å². The Morgan fingerprint density at radius 3 is 2.40 bits per heavy atom. The van der Waals surface area contributed by atoms with Crippen LogP contribution in [0.4, 0.5) is 8.78 Å². The van der Waals surface area contributed by atoms with Crippen molar-refractivity contribution >= 4 is 34.8 Å². The molecule has 0 spiro atoms. The molecule has 0 unspecified atom stereocenters. The number of nitrogens with zero attached hydrogens (tertiary/aromatic N) is 1. The number of Topliss-reactive ketones (excluding diaryl/α,β-unsaturated/α-hetero) is 2. The number of halogens is 4. The standard InChI is InChI=1S/C34H33Cl2F2NO3/c1-19(40)20-9-10-21(30(14-20)42-5)13-29(41)25-15-22(17-33(2,3)4)34(18-39,26-12-11-23(35)16-28(26)37)31(25)24-7-6-8-27(36)32(24)38/h6-12,14,16,22,25,31H,13,15,17H2,1-5H3/t22-,25-,31-,34+/m0/s1. The predicted molar refractivity (Wildman–Crippen MR) is 160 cm³/mol. The summed E-state index contributed by atoms with van der Waals surface area (Å²) in [6.07, 6.45) is 0.621. The van der Waals surface area contributed by atoms with E-state index in [1.54, 1.807) is 24.3 Å². The van der Waals surface area contributed by atoms with Crippen molar-refractivity contribution in [1.82, 2.24) is 0 Å². The first-order chi connectivity index (χ1) is 19.7. The number of ketones is 2. The minimum atomic E-state index is -1.60. The molecule has 0 bridgehead atoms. The maximum Gasteiger partial charge on any atom is 0.159 e. The Morgan fingerprint density at radius 1 is 1.10 bits per heavy atom. The number of benzene rings is 3. The van der Waals surface area contributed by atoms with Gasteiger partial charge in [-0.25, -0.2) is 8.78 Å². The van der Waals surface area contributed by atoms with Crippen LogP contribution >= 0.6 is 23.2 Å². The van der Waals surface area contributed by atoms with E-state index in [4.69, 9.17) is 27.9 Å². The number of carbonyl (C=O) groups is 2. The van der Waals surface area contributed by atoms with Crippen LogP contribution in [0.15, 0.2) is 54.6 Å². The second-order valence-corrected chi connectivity index (χ2v) is 13.1. The molecular weight excluding hydrogens is 579 g/mol. The molecule has 4 atom stereocenters. The van der Waals surface area contributed by atoms with Crippen molar-refractivity contribution in [1.29, 1.82) is 5.26 Å². The zero-order valence-electron chi connectivity index (χ0n) is 24.2. The predicted octanol–water partition coefficient (Wildman–Crippen LogP) is 8.91. The number of rotatable bonds is 8. The molecular formula is C34H33Cl2F2NO3. The Kier molecular flexibility index (Phi) is 9.16. The number of nitriles is 1. The Balaban J connectivity index is 1.95. The molecule has 220 valence electrons. The molecule has 3 aromatic rings. The average Bonchev–Trinajstić information content (AvgIpc) is 3.23. The molecule has 0 saturated heterocycles. The number of carbonyl (C=O) groups excluding carboxylic acids is 2. The number of ether oxygens (including phenoxy) is 1. The summed E-state index contributed by atoms with van der Waals surface area (Å²) < 4.78 is 37.2. The molecule has 1 fully saturated rings. The second-order valence-electron chi connectivity index (χ2n) is 12.3. The third kappa shape index (κ3) is 5.96. The van der Waals surface area contributed by atoms with Gasteiger partial charge in [0.15, 0.2) is 5.78 Å². The Hall–Kier alpha value is -3.27. The summed E-state index contributed by atoms with van der Waals surface area (Å²) in [7, 11) is 1.45. The first-order valence-electron chi connectivity index (χ1n) is 13.7. The maximum absolute atomic E-state index is 15.9. The minimum Gasteiger partial charge on any atom is -0.496 e. The van der Waals surface area contributed by atoms with Gasteiger partial charge in [0.25, 0.3) is 0 Å². The van der Waals surface area contributed by atoms with E-state index in [0.717, 1.165) is 6.07 Å². The van der Waals surface area contributed by atoms with Crippen molar-refractivity contribution < 1.29 is 23.1 Å². The highest BCUT2D eigenvalue weighted by molar-refractivity contribution is 6.31. The largest absolute Gasteiger partial charge is 0.496 e. The van der Waals surface area contributed by atoms with Crippen LogP contribution in [-0.4, -0.2) is 18.7 Å². The zero-order valence-corrected chi connectivity index (χ0v) is 25.7. The molecule has 8 heteroatoms. The van der Waals surface area contributed by atoms with Crippen molar-refractivity contribution in [2.45, 2.75) is 58.3 Å². The molecule has 0 amide bonds. The van der Waals surface area contributed by atoms with Crippen LogP contribution in [0.25, 0.3) is 0 Å². The Labute approximate surface area is 255 Å². The molecule has 0 aromatic heterocycles. The van der Waals surface area contributed by atoms with Crippen LogP contribution in [0, 0.1) is 40.2 Å².